The molecule has 4 atom stereocenters. The molecule has 2 fully saturated rings. The summed E-state index contributed by atoms with van der Waals surface area (Å²) >= 11 is 0. The van der Waals surface area contributed by atoms with Gasteiger partial charge in [-0.1, -0.05) is 25.0 Å². The molecule has 1 unspecified atom stereocenters. The Morgan fingerprint density at radius 2 is 1.94 bits per heavy atom. The van der Waals surface area contributed by atoms with Gasteiger partial charge in [-0.25, -0.2) is 17.6 Å². The molecule has 14 heteroatoms. The fraction of sp³-hybridized carbons (Fsp3) is 0.571. The Bertz CT molecular complexity index is 1020. The van der Waals surface area contributed by atoms with Crippen molar-refractivity contribution in [3.05, 3.63) is 35.6 Å². The van der Waals surface area contributed by atoms with Gasteiger partial charge >= 0.3 is 35.7 Å². The van der Waals surface area contributed by atoms with Gasteiger partial charge in [-0.3, -0.25) is 9.59 Å². The topological polar surface area (TPSA) is 174 Å². The van der Waals surface area contributed by atoms with Crippen LogP contribution in [0.15, 0.2) is 24.3 Å². The maximum atomic E-state index is 13.3. The number of halogens is 1. The van der Waals surface area contributed by atoms with Crippen LogP contribution in [0.1, 0.15) is 37.7 Å². The molecule has 0 spiro atoms. The molecule has 1 aromatic rings. The van der Waals surface area contributed by atoms with Crippen molar-refractivity contribution >= 4 is 28.0 Å². The van der Waals surface area contributed by atoms with Crippen molar-refractivity contribution in [3.8, 4) is 0 Å². The number of ether oxygens (including phenoxy) is 1. The number of nitrogens with one attached hydrogen (secondary N) is 3. The van der Waals surface area contributed by atoms with Crippen molar-refractivity contribution in [2.24, 2.45) is 11.8 Å². The summed E-state index contributed by atoms with van der Waals surface area (Å²) in [6.07, 6.45) is 1.05. The second-order valence-electron chi connectivity index (χ2n) is 8.59. The number of amides is 3. The average molecular weight is 524 g/mol. The Morgan fingerprint density at radius 1 is 1.23 bits per heavy atom. The fourth-order valence-corrected chi connectivity index (χ4v) is 4.37. The molecule has 4 N–H and O–H groups in total. The van der Waals surface area contributed by atoms with Crippen LogP contribution in [0.2, 0.25) is 0 Å². The summed E-state index contributed by atoms with van der Waals surface area (Å²) in [5.41, 5.74) is -2.07. The largest absolute Gasteiger partial charge is 1.00 e. The first kappa shape index (κ1) is 29.5. The van der Waals surface area contributed by atoms with Crippen LogP contribution >= 0.6 is 0 Å². The number of rotatable bonds is 11. The first-order chi connectivity index (χ1) is 16.0. The maximum absolute atomic E-state index is 13.3. The number of aliphatic hydroxyl groups excluding tert-OH is 1. The van der Waals surface area contributed by atoms with E-state index in [0.717, 1.165) is 12.8 Å². The van der Waals surface area contributed by atoms with E-state index in [0.29, 0.717) is 18.5 Å². The second kappa shape index (κ2) is 13.0. The van der Waals surface area contributed by atoms with Gasteiger partial charge in [0.2, 0.25) is 11.8 Å². The molecule has 1 aromatic carbocycles. The van der Waals surface area contributed by atoms with Crippen LogP contribution in [0.25, 0.3) is 0 Å². The minimum absolute atomic E-state index is 0. The zero-order chi connectivity index (χ0) is 24.9. The van der Waals surface area contributed by atoms with E-state index in [9.17, 15) is 36.9 Å². The number of hydrogen-bond donors (Lipinski definition) is 4. The molecular weight excluding hydrogens is 496 g/mol. The fourth-order valence-electron chi connectivity index (χ4n) is 3.79. The molecule has 0 radical (unpaired) electrons. The van der Waals surface area contributed by atoms with Crippen LogP contribution in [-0.2, 0) is 31.1 Å². The van der Waals surface area contributed by atoms with Crippen molar-refractivity contribution in [1.29, 1.82) is 0 Å². The predicted molar refractivity (Wildman–Crippen MR) is 114 cm³/mol. The zero-order valence-corrected chi connectivity index (χ0v) is 22.1. The number of carbonyl (C=O) groups is 3. The third kappa shape index (κ3) is 9.32. The van der Waals surface area contributed by atoms with Crippen molar-refractivity contribution < 1.29 is 71.1 Å². The normalized spacial score (nSPS) is 20.1. The summed E-state index contributed by atoms with van der Waals surface area (Å²) in [6.45, 7) is 0.112. The van der Waals surface area contributed by atoms with Crippen molar-refractivity contribution in [2.45, 2.75) is 56.2 Å². The van der Waals surface area contributed by atoms with E-state index >= 15 is 0 Å². The number of hydrogen-bond acceptors (Lipinski definition) is 8. The minimum Gasteiger partial charge on any atom is -0.746 e. The molecule has 0 aromatic heterocycles. The van der Waals surface area contributed by atoms with Gasteiger partial charge in [0.05, 0.1) is 6.04 Å². The summed E-state index contributed by atoms with van der Waals surface area (Å²) in [6, 6.07) is 2.76. The first-order valence-electron chi connectivity index (χ1n) is 10.9. The Balaban J connectivity index is 0.00000432. The van der Waals surface area contributed by atoms with E-state index in [-0.39, 0.29) is 60.8 Å². The maximum Gasteiger partial charge on any atom is 1.00 e. The van der Waals surface area contributed by atoms with E-state index in [1.807, 2.05) is 0 Å². The minimum atomic E-state index is -5.19. The van der Waals surface area contributed by atoms with Crippen molar-refractivity contribution in [1.82, 2.24) is 16.0 Å². The van der Waals surface area contributed by atoms with Gasteiger partial charge in [-0.15, -0.1) is 0 Å². The zero-order valence-electron chi connectivity index (χ0n) is 19.2. The standard InChI is InChI=1S/C21H28FN3O8S.Na/c22-15-3-1-2-13(8-15)11-33-21(29)25-16(9-12-4-5-12)19(27)24-17(20(28)34(30,31)32)10-14-6-7-23-18(14)26;/h1-3,8,12,14,16-17,20,28H,4-7,9-11H2,(H,23,26)(H,24,27)(H,25,29)(H,30,31,32);/q;+1/p-1/t14-,16-,17-,20?;/m0./s1. The third-order valence-electron chi connectivity index (χ3n) is 5.80. The molecule has 2 aliphatic rings. The van der Waals surface area contributed by atoms with Crippen LogP contribution < -0.4 is 45.5 Å². The number of benzene rings is 1. The molecule has 11 nitrogen and oxygen atoms in total. The Kier molecular flexibility index (Phi) is 10.9. The van der Waals surface area contributed by atoms with Gasteiger partial charge in [0.15, 0.2) is 5.44 Å². The number of aliphatic hydroxyl groups is 1. The predicted octanol–water partition coefficient (Wildman–Crippen LogP) is -2.90. The quantitative estimate of drug-likeness (QED) is 0.177. The van der Waals surface area contributed by atoms with Gasteiger partial charge in [0.1, 0.15) is 28.6 Å². The third-order valence-corrected chi connectivity index (χ3v) is 6.72. The molecule has 3 rings (SSSR count). The van der Waals surface area contributed by atoms with E-state index in [2.05, 4.69) is 16.0 Å². The molecule has 1 saturated carbocycles. The number of carbonyl (C=O) groups excluding carboxylic acids is 3. The Morgan fingerprint density at radius 3 is 2.51 bits per heavy atom. The molecule has 188 valence electrons. The van der Waals surface area contributed by atoms with Gasteiger partial charge in [-0.2, -0.15) is 0 Å². The monoisotopic (exact) mass is 523 g/mol. The smallest absolute Gasteiger partial charge is 0.746 e. The number of alkyl carbamates (subject to hydrolysis) is 1. The molecular formula is C21H27FN3NaO8S. The molecule has 35 heavy (non-hydrogen) atoms. The van der Waals surface area contributed by atoms with Crippen LogP contribution in [0.5, 0.6) is 0 Å². The van der Waals surface area contributed by atoms with Gasteiger partial charge in [0.25, 0.3) is 0 Å². The van der Waals surface area contributed by atoms with E-state index in [1.165, 1.54) is 18.2 Å². The SMILES string of the molecule is O=C(N[C@@H](CC1CC1)C(=O)N[C@@H](C[C@@H]1CCNC1=O)C(O)S(=O)(=O)[O-])OCc1cccc(F)c1.[Na+]. The molecule has 0 bridgehead atoms. The van der Waals surface area contributed by atoms with Gasteiger partial charge < -0.3 is 30.3 Å². The first-order valence-corrected chi connectivity index (χ1v) is 12.4. The summed E-state index contributed by atoms with van der Waals surface area (Å²) in [5.74, 6) is -2.22. The summed E-state index contributed by atoms with van der Waals surface area (Å²) in [4.78, 5) is 37.1. The Labute approximate surface area is 224 Å². The van der Waals surface area contributed by atoms with Gasteiger partial charge in [0, 0.05) is 12.5 Å². The summed E-state index contributed by atoms with van der Waals surface area (Å²) in [5, 5.41) is 17.3. The van der Waals surface area contributed by atoms with E-state index < -0.39 is 51.4 Å². The molecule has 1 aliphatic heterocycles. The van der Waals surface area contributed by atoms with E-state index in [1.54, 1.807) is 6.07 Å². The van der Waals surface area contributed by atoms with Crippen LogP contribution in [-0.4, -0.2) is 60.0 Å². The molecule has 1 saturated heterocycles. The van der Waals surface area contributed by atoms with Crippen molar-refractivity contribution in [2.75, 3.05) is 6.54 Å². The summed E-state index contributed by atoms with van der Waals surface area (Å²) < 4.78 is 52.6. The summed E-state index contributed by atoms with van der Waals surface area (Å²) in [7, 11) is -5.19. The molecule has 1 aliphatic carbocycles. The van der Waals surface area contributed by atoms with Crippen LogP contribution in [0.3, 0.4) is 0 Å². The van der Waals surface area contributed by atoms with Crippen LogP contribution in [0, 0.1) is 17.7 Å². The van der Waals surface area contributed by atoms with Gasteiger partial charge in [-0.05, 0) is 42.9 Å². The van der Waals surface area contributed by atoms with E-state index in [4.69, 9.17) is 4.74 Å². The second-order valence-corrected chi connectivity index (χ2v) is 10.1. The van der Waals surface area contributed by atoms with Crippen molar-refractivity contribution in [3.63, 3.8) is 0 Å². The van der Waals surface area contributed by atoms with Crippen LogP contribution in [0.4, 0.5) is 9.18 Å². The Hall–Kier alpha value is -1.77. The average Bonchev–Trinajstić information content (AvgIpc) is 3.50. The molecule has 3 amide bonds. The molecule has 1 heterocycles.